The van der Waals surface area contributed by atoms with Crippen LogP contribution in [0, 0.1) is 0 Å². The Balaban J connectivity index is 2.02. The minimum absolute atomic E-state index is 0.293. The molecule has 126 valence electrons. The second-order valence-electron chi connectivity index (χ2n) is 4.74. The lowest BCUT2D eigenvalue weighted by Crippen LogP contribution is -2.41. The first-order chi connectivity index (χ1) is 11.6. The van der Waals surface area contributed by atoms with Gasteiger partial charge in [-0.2, -0.15) is 0 Å². The van der Waals surface area contributed by atoms with Crippen molar-refractivity contribution in [3.8, 4) is 17.2 Å². The van der Waals surface area contributed by atoms with Crippen molar-refractivity contribution in [1.29, 1.82) is 0 Å². The van der Waals surface area contributed by atoms with E-state index in [1.165, 1.54) is 33.5 Å². The number of hydrogen-bond donors (Lipinski definition) is 2. The Morgan fingerprint density at radius 1 is 0.667 bits per heavy atom. The van der Waals surface area contributed by atoms with E-state index < -0.39 is 11.8 Å². The van der Waals surface area contributed by atoms with Crippen molar-refractivity contribution >= 4 is 11.8 Å². The highest BCUT2D eigenvalue weighted by Crippen LogP contribution is 2.22. The van der Waals surface area contributed by atoms with Crippen LogP contribution in [0.3, 0.4) is 0 Å². The summed E-state index contributed by atoms with van der Waals surface area (Å²) < 4.78 is 15.2. The molecule has 2 aromatic rings. The molecule has 0 saturated heterocycles. The molecule has 0 atom stereocenters. The molecule has 0 bridgehead atoms. The van der Waals surface area contributed by atoms with Gasteiger partial charge in [-0.1, -0.05) is 0 Å². The van der Waals surface area contributed by atoms with Crippen LogP contribution in [0.2, 0.25) is 0 Å². The number of carbonyl (C=O) groups excluding carboxylic acids is 2. The van der Waals surface area contributed by atoms with Crippen molar-refractivity contribution in [3.05, 3.63) is 53.6 Å². The fourth-order valence-electron chi connectivity index (χ4n) is 1.94. The Labute approximate surface area is 139 Å². The zero-order chi connectivity index (χ0) is 17.5. The second-order valence-corrected chi connectivity index (χ2v) is 4.74. The lowest BCUT2D eigenvalue weighted by Gasteiger charge is -2.10. The van der Waals surface area contributed by atoms with Crippen molar-refractivity contribution < 1.29 is 23.8 Å². The van der Waals surface area contributed by atoms with Gasteiger partial charge in [-0.3, -0.25) is 20.4 Å². The van der Waals surface area contributed by atoms with Gasteiger partial charge in [0.05, 0.1) is 21.3 Å². The lowest BCUT2D eigenvalue weighted by atomic mass is 10.2. The van der Waals surface area contributed by atoms with Crippen molar-refractivity contribution in [2.45, 2.75) is 0 Å². The first-order valence-electron chi connectivity index (χ1n) is 7.05. The number of benzene rings is 2. The molecule has 0 unspecified atom stereocenters. The van der Waals surface area contributed by atoms with Gasteiger partial charge in [0.15, 0.2) is 0 Å². The molecular formula is C17H18N2O5. The highest BCUT2D eigenvalue weighted by molar-refractivity contribution is 5.99. The molecule has 0 saturated carbocycles. The van der Waals surface area contributed by atoms with Gasteiger partial charge >= 0.3 is 0 Å². The van der Waals surface area contributed by atoms with Crippen molar-refractivity contribution in [2.24, 2.45) is 0 Å². The second kappa shape index (κ2) is 7.87. The summed E-state index contributed by atoms with van der Waals surface area (Å²) in [5.41, 5.74) is 5.38. The molecule has 0 fully saturated rings. The first-order valence-corrected chi connectivity index (χ1v) is 7.05. The van der Waals surface area contributed by atoms with Crippen molar-refractivity contribution in [1.82, 2.24) is 10.9 Å². The quantitative estimate of drug-likeness (QED) is 0.816. The summed E-state index contributed by atoms with van der Waals surface area (Å²) in [6.07, 6.45) is 0. The summed E-state index contributed by atoms with van der Waals surface area (Å²) >= 11 is 0. The molecular weight excluding hydrogens is 312 g/mol. The molecule has 2 amide bonds. The summed E-state index contributed by atoms with van der Waals surface area (Å²) in [5, 5.41) is 0. The summed E-state index contributed by atoms with van der Waals surface area (Å²) in [6.45, 7) is 0. The molecule has 0 heterocycles. The smallest absolute Gasteiger partial charge is 0.269 e. The van der Waals surface area contributed by atoms with E-state index in [0.29, 0.717) is 28.4 Å². The van der Waals surface area contributed by atoms with Gasteiger partial charge in [0.1, 0.15) is 17.2 Å². The summed E-state index contributed by atoms with van der Waals surface area (Å²) in [4.78, 5) is 24.2. The molecule has 0 radical (unpaired) electrons. The number of ether oxygens (including phenoxy) is 3. The van der Waals surface area contributed by atoms with Gasteiger partial charge in [-0.25, -0.2) is 0 Å². The van der Waals surface area contributed by atoms with Crippen LogP contribution in [-0.2, 0) is 0 Å². The fraction of sp³-hybridized carbons (Fsp3) is 0.176. The molecule has 2 rings (SSSR count). The maximum atomic E-state index is 12.2. The molecule has 0 aliphatic carbocycles. The summed E-state index contributed by atoms with van der Waals surface area (Å²) in [6, 6.07) is 11.2. The van der Waals surface area contributed by atoms with E-state index in [2.05, 4.69) is 10.9 Å². The van der Waals surface area contributed by atoms with Crippen LogP contribution < -0.4 is 25.1 Å². The van der Waals surface area contributed by atoms with Crippen LogP contribution in [0.4, 0.5) is 0 Å². The topological polar surface area (TPSA) is 85.9 Å². The third-order valence-electron chi connectivity index (χ3n) is 3.26. The van der Waals surface area contributed by atoms with Gasteiger partial charge in [0.2, 0.25) is 0 Å². The van der Waals surface area contributed by atoms with Crippen molar-refractivity contribution in [3.63, 3.8) is 0 Å². The molecule has 2 N–H and O–H groups in total. The number of amides is 2. The number of methoxy groups -OCH3 is 3. The zero-order valence-electron chi connectivity index (χ0n) is 13.6. The molecule has 0 aliphatic heterocycles. The third-order valence-corrected chi connectivity index (χ3v) is 3.26. The molecule has 7 nitrogen and oxygen atoms in total. The molecule has 0 aromatic heterocycles. The van der Waals surface area contributed by atoms with Gasteiger partial charge < -0.3 is 14.2 Å². The van der Waals surface area contributed by atoms with E-state index in [4.69, 9.17) is 14.2 Å². The maximum absolute atomic E-state index is 12.2. The average Bonchev–Trinajstić information content (AvgIpc) is 2.65. The van der Waals surface area contributed by atoms with Crippen LogP contribution in [0.15, 0.2) is 42.5 Å². The Morgan fingerprint density at radius 3 is 1.58 bits per heavy atom. The lowest BCUT2D eigenvalue weighted by molar-refractivity contribution is 0.0846. The normalized spacial score (nSPS) is 9.79. The number of nitrogens with one attached hydrogen (secondary N) is 2. The van der Waals surface area contributed by atoms with Gasteiger partial charge in [-0.15, -0.1) is 0 Å². The van der Waals surface area contributed by atoms with Gasteiger partial charge in [0.25, 0.3) is 11.8 Å². The van der Waals surface area contributed by atoms with E-state index in [1.807, 2.05) is 0 Å². The monoisotopic (exact) mass is 330 g/mol. The standard InChI is InChI=1S/C17H18N2O5/c1-22-13-6-4-11(5-7-13)16(20)18-19-17(21)12-8-14(23-2)10-15(9-12)24-3/h4-10H,1-3H3,(H,18,20)(H,19,21). The highest BCUT2D eigenvalue weighted by Gasteiger charge is 2.12. The summed E-state index contributed by atoms with van der Waals surface area (Å²) in [5.74, 6) is 0.649. The summed E-state index contributed by atoms with van der Waals surface area (Å²) in [7, 11) is 4.52. The maximum Gasteiger partial charge on any atom is 0.269 e. The first kappa shape index (κ1) is 17.1. The number of rotatable bonds is 5. The van der Waals surface area contributed by atoms with Gasteiger partial charge in [-0.05, 0) is 36.4 Å². The minimum atomic E-state index is -0.492. The minimum Gasteiger partial charge on any atom is -0.497 e. The van der Waals surface area contributed by atoms with Crippen molar-refractivity contribution in [2.75, 3.05) is 21.3 Å². The fourth-order valence-corrected chi connectivity index (χ4v) is 1.94. The predicted octanol–water partition coefficient (Wildman–Crippen LogP) is 1.79. The Bertz CT molecular complexity index is 706. The number of hydrogen-bond acceptors (Lipinski definition) is 5. The van der Waals surface area contributed by atoms with Crippen LogP contribution in [0.25, 0.3) is 0 Å². The van der Waals surface area contributed by atoms with E-state index >= 15 is 0 Å². The molecule has 0 spiro atoms. The largest absolute Gasteiger partial charge is 0.497 e. The van der Waals surface area contributed by atoms with Crippen LogP contribution in [-0.4, -0.2) is 33.1 Å². The van der Waals surface area contributed by atoms with Crippen LogP contribution in [0.5, 0.6) is 17.2 Å². The zero-order valence-corrected chi connectivity index (χ0v) is 13.6. The Kier molecular flexibility index (Phi) is 5.62. The van der Waals surface area contributed by atoms with E-state index in [0.717, 1.165) is 0 Å². The molecule has 0 aliphatic rings. The molecule has 2 aromatic carbocycles. The predicted molar refractivity (Wildman–Crippen MR) is 87.5 cm³/mol. The Morgan fingerprint density at radius 2 is 1.12 bits per heavy atom. The van der Waals surface area contributed by atoms with E-state index in [-0.39, 0.29) is 0 Å². The highest BCUT2D eigenvalue weighted by atomic mass is 16.5. The average molecular weight is 330 g/mol. The van der Waals surface area contributed by atoms with Crippen LogP contribution in [0.1, 0.15) is 20.7 Å². The SMILES string of the molecule is COc1ccc(C(=O)NNC(=O)c2cc(OC)cc(OC)c2)cc1. The molecule has 7 heteroatoms. The molecule has 24 heavy (non-hydrogen) atoms. The Hall–Kier alpha value is -3.22. The third kappa shape index (κ3) is 4.16. The van der Waals surface area contributed by atoms with Crippen LogP contribution >= 0.6 is 0 Å². The number of carbonyl (C=O) groups is 2. The van der Waals surface area contributed by atoms with E-state index in [1.54, 1.807) is 30.3 Å². The van der Waals surface area contributed by atoms with E-state index in [9.17, 15) is 9.59 Å². The number of hydrazine groups is 1. The van der Waals surface area contributed by atoms with Gasteiger partial charge in [0, 0.05) is 17.2 Å².